The van der Waals surface area contributed by atoms with Gasteiger partial charge in [0.25, 0.3) is 5.91 Å². The number of carbonyl (C=O) groups is 1. The van der Waals surface area contributed by atoms with Crippen LogP contribution >= 0.6 is 11.6 Å². The highest BCUT2D eigenvalue weighted by Gasteiger charge is 2.34. The maximum atomic E-state index is 12.7. The Hall–Kier alpha value is -1.30. The Morgan fingerprint density at radius 2 is 2.00 bits per heavy atom. The Balaban J connectivity index is 2.84. The second-order valence-corrected chi connectivity index (χ2v) is 7.15. The van der Waals surface area contributed by atoms with Crippen molar-refractivity contribution in [3.8, 4) is 5.75 Å². The lowest BCUT2D eigenvalue weighted by atomic mass is 9.93. The van der Waals surface area contributed by atoms with E-state index in [0.29, 0.717) is 42.0 Å². The topological polar surface area (TPSA) is 56.8 Å². The fourth-order valence-electron chi connectivity index (χ4n) is 2.74. The van der Waals surface area contributed by atoms with Gasteiger partial charge in [0.05, 0.1) is 11.6 Å². The van der Waals surface area contributed by atoms with Crippen molar-refractivity contribution in [3.63, 3.8) is 0 Å². The molecule has 0 fully saturated rings. The molecule has 142 valence electrons. The van der Waals surface area contributed by atoms with E-state index in [9.17, 15) is 4.79 Å². The summed E-state index contributed by atoms with van der Waals surface area (Å²) in [6.07, 6.45) is 0.520. The molecular weight excluding hydrogens is 342 g/mol. The first kappa shape index (κ1) is 21.7. The van der Waals surface area contributed by atoms with E-state index in [1.807, 2.05) is 20.8 Å². The largest absolute Gasteiger partial charge is 0.487 e. The van der Waals surface area contributed by atoms with Crippen LogP contribution in [0.15, 0.2) is 18.2 Å². The molecule has 0 bridgehead atoms. The Morgan fingerprint density at radius 1 is 1.32 bits per heavy atom. The van der Waals surface area contributed by atoms with Gasteiger partial charge in [-0.25, -0.2) is 0 Å². The van der Waals surface area contributed by atoms with Gasteiger partial charge in [-0.2, -0.15) is 0 Å². The SMILES string of the molecule is CCO[C@@](C)(CC(C)C)C(=O)Nc1ccc(O[C@@H](C)COC)c(Cl)c1. The zero-order valence-corrected chi connectivity index (χ0v) is 16.8. The molecule has 2 atom stereocenters. The molecule has 0 aliphatic rings. The van der Waals surface area contributed by atoms with Gasteiger partial charge in [0.1, 0.15) is 17.5 Å². The molecule has 0 saturated carbocycles. The summed E-state index contributed by atoms with van der Waals surface area (Å²) in [4.78, 5) is 12.7. The summed E-state index contributed by atoms with van der Waals surface area (Å²) >= 11 is 6.27. The molecule has 0 heterocycles. The van der Waals surface area contributed by atoms with Crippen molar-refractivity contribution in [3.05, 3.63) is 23.2 Å². The minimum absolute atomic E-state index is 0.116. The maximum Gasteiger partial charge on any atom is 0.256 e. The maximum absolute atomic E-state index is 12.7. The summed E-state index contributed by atoms with van der Waals surface area (Å²) in [6, 6.07) is 5.18. The third-order valence-corrected chi connectivity index (χ3v) is 3.96. The van der Waals surface area contributed by atoms with E-state index in [1.165, 1.54) is 0 Å². The van der Waals surface area contributed by atoms with Crippen LogP contribution in [0.3, 0.4) is 0 Å². The highest BCUT2D eigenvalue weighted by molar-refractivity contribution is 6.32. The van der Waals surface area contributed by atoms with E-state index in [0.717, 1.165) is 0 Å². The average molecular weight is 372 g/mol. The molecule has 6 heteroatoms. The van der Waals surface area contributed by atoms with E-state index >= 15 is 0 Å². The smallest absolute Gasteiger partial charge is 0.256 e. The third-order valence-electron chi connectivity index (χ3n) is 3.66. The molecule has 1 aromatic rings. The summed E-state index contributed by atoms with van der Waals surface area (Å²) in [7, 11) is 1.62. The predicted molar refractivity (Wildman–Crippen MR) is 102 cm³/mol. The number of rotatable bonds is 10. The number of carbonyl (C=O) groups excluding carboxylic acids is 1. The van der Waals surface area contributed by atoms with Gasteiger partial charge in [-0.15, -0.1) is 0 Å². The Morgan fingerprint density at radius 3 is 2.52 bits per heavy atom. The standard InChI is InChI=1S/C19H30ClNO4/c1-7-24-19(5,11-13(2)3)18(22)21-15-8-9-17(16(20)10-15)25-14(4)12-23-6/h8-10,13-14H,7,11-12H2,1-6H3,(H,21,22)/t14-,19-/m0/s1. The van der Waals surface area contributed by atoms with E-state index in [1.54, 1.807) is 25.3 Å². The monoisotopic (exact) mass is 371 g/mol. The van der Waals surface area contributed by atoms with Crippen molar-refractivity contribution in [2.24, 2.45) is 5.92 Å². The number of halogens is 1. The number of ether oxygens (including phenoxy) is 3. The molecule has 1 N–H and O–H groups in total. The second kappa shape index (κ2) is 10.00. The van der Waals surface area contributed by atoms with Crippen molar-refractivity contribution in [2.75, 3.05) is 25.6 Å². The number of nitrogens with one attached hydrogen (secondary N) is 1. The molecule has 25 heavy (non-hydrogen) atoms. The summed E-state index contributed by atoms with van der Waals surface area (Å²) in [5, 5.41) is 3.32. The number of methoxy groups -OCH3 is 1. The first-order valence-electron chi connectivity index (χ1n) is 8.62. The van der Waals surface area contributed by atoms with Gasteiger partial charge < -0.3 is 19.5 Å². The van der Waals surface area contributed by atoms with Crippen LogP contribution in [0.1, 0.15) is 41.0 Å². The number of amides is 1. The summed E-state index contributed by atoms with van der Waals surface area (Å²) in [6.45, 7) is 10.7. The molecule has 1 aromatic carbocycles. The molecule has 5 nitrogen and oxygen atoms in total. The van der Waals surface area contributed by atoms with Crippen LogP contribution in [0.4, 0.5) is 5.69 Å². The van der Waals surface area contributed by atoms with Crippen molar-refractivity contribution >= 4 is 23.2 Å². The Kier molecular flexibility index (Phi) is 8.69. The van der Waals surface area contributed by atoms with Crippen LogP contribution < -0.4 is 10.1 Å². The van der Waals surface area contributed by atoms with Crippen molar-refractivity contribution < 1.29 is 19.0 Å². The first-order valence-corrected chi connectivity index (χ1v) is 9.00. The molecule has 0 aliphatic carbocycles. The average Bonchev–Trinajstić information content (AvgIpc) is 2.49. The van der Waals surface area contributed by atoms with E-state index in [4.69, 9.17) is 25.8 Å². The molecule has 0 aliphatic heterocycles. The lowest BCUT2D eigenvalue weighted by molar-refractivity contribution is -0.140. The van der Waals surface area contributed by atoms with Crippen LogP contribution in [0.25, 0.3) is 0 Å². The van der Waals surface area contributed by atoms with Gasteiger partial charge in [0, 0.05) is 19.4 Å². The van der Waals surface area contributed by atoms with Crippen LogP contribution in [-0.4, -0.2) is 37.9 Å². The molecule has 0 unspecified atom stereocenters. The molecular formula is C19H30ClNO4. The zero-order valence-electron chi connectivity index (χ0n) is 16.0. The minimum Gasteiger partial charge on any atom is -0.487 e. The highest BCUT2D eigenvalue weighted by atomic mass is 35.5. The summed E-state index contributed by atoms with van der Waals surface area (Å²) < 4.78 is 16.5. The fourth-order valence-corrected chi connectivity index (χ4v) is 2.96. The fraction of sp³-hybridized carbons (Fsp3) is 0.632. The van der Waals surface area contributed by atoms with Gasteiger partial charge in [-0.05, 0) is 51.3 Å². The molecule has 0 saturated heterocycles. The van der Waals surface area contributed by atoms with Gasteiger partial charge in [-0.3, -0.25) is 4.79 Å². The number of anilines is 1. The lowest BCUT2D eigenvalue weighted by Gasteiger charge is -2.30. The normalized spacial score (nSPS) is 14.9. The van der Waals surface area contributed by atoms with E-state index in [-0.39, 0.29) is 12.0 Å². The van der Waals surface area contributed by atoms with Crippen molar-refractivity contribution in [1.29, 1.82) is 0 Å². The van der Waals surface area contributed by atoms with Crippen LogP contribution in [0.2, 0.25) is 5.02 Å². The minimum atomic E-state index is -0.877. The third kappa shape index (κ3) is 6.84. The molecule has 0 aromatic heterocycles. The molecule has 1 amide bonds. The number of hydrogen-bond donors (Lipinski definition) is 1. The number of hydrogen-bond acceptors (Lipinski definition) is 4. The zero-order chi connectivity index (χ0) is 19.0. The summed E-state index contributed by atoms with van der Waals surface area (Å²) in [5.74, 6) is 0.712. The van der Waals surface area contributed by atoms with Crippen LogP contribution in [-0.2, 0) is 14.3 Å². The molecule has 0 spiro atoms. The van der Waals surface area contributed by atoms with Gasteiger partial charge >= 0.3 is 0 Å². The van der Waals surface area contributed by atoms with Crippen LogP contribution in [0.5, 0.6) is 5.75 Å². The van der Waals surface area contributed by atoms with Crippen molar-refractivity contribution in [1.82, 2.24) is 0 Å². The van der Waals surface area contributed by atoms with E-state index < -0.39 is 5.60 Å². The highest BCUT2D eigenvalue weighted by Crippen LogP contribution is 2.30. The predicted octanol–water partition coefficient (Wildman–Crippen LogP) is 4.53. The second-order valence-electron chi connectivity index (χ2n) is 6.74. The van der Waals surface area contributed by atoms with Crippen molar-refractivity contribution in [2.45, 2.75) is 52.7 Å². The Bertz CT molecular complexity index is 564. The van der Waals surface area contributed by atoms with Gasteiger partial charge in [-0.1, -0.05) is 25.4 Å². The van der Waals surface area contributed by atoms with Gasteiger partial charge in [0.15, 0.2) is 0 Å². The van der Waals surface area contributed by atoms with E-state index in [2.05, 4.69) is 19.2 Å². The Labute approximate surface area is 156 Å². The van der Waals surface area contributed by atoms with Gasteiger partial charge in [0.2, 0.25) is 0 Å². The van der Waals surface area contributed by atoms with Crippen LogP contribution in [0, 0.1) is 5.92 Å². The quantitative estimate of drug-likeness (QED) is 0.656. The first-order chi connectivity index (χ1) is 11.7. The lowest BCUT2D eigenvalue weighted by Crippen LogP contribution is -2.43. The molecule has 0 radical (unpaired) electrons. The number of benzene rings is 1. The summed E-state index contributed by atoms with van der Waals surface area (Å²) in [5.41, 5.74) is -0.270. The molecule has 1 rings (SSSR count).